The Hall–Kier alpha value is -3.15. The summed E-state index contributed by atoms with van der Waals surface area (Å²) >= 11 is 0. The minimum absolute atomic E-state index is 0.0845. The van der Waals surface area contributed by atoms with E-state index in [9.17, 15) is 4.79 Å². The maximum atomic E-state index is 12.1. The smallest absolute Gasteiger partial charge is 0.262 e. The molecular weight excluding hydrogens is 330 g/mol. The molecule has 2 aromatic carbocycles. The lowest BCUT2D eigenvalue weighted by Crippen LogP contribution is -2.20. The van der Waals surface area contributed by atoms with Gasteiger partial charge in [0, 0.05) is 17.2 Å². The van der Waals surface area contributed by atoms with Gasteiger partial charge >= 0.3 is 0 Å². The SMILES string of the molecule is Cc1ccccc1NC(=O)COc1cccc(-c2nc(C(C)C)no2)c1. The van der Waals surface area contributed by atoms with E-state index in [1.165, 1.54) is 0 Å². The van der Waals surface area contributed by atoms with Crippen LogP contribution in [0, 0.1) is 6.92 Å². The van der Waals surface area contributed by atoms with Crippen molar-refractivity contribution in [3.8, 4) is 17.2 Å². The third-order valence-corrected chi connectivity index (χ3v) is 3.83. The summed E-state index contributed by atoms with van der Waals surface area (Å²) in [6.07, 6.45) is 0. The van der Waals surface area contributed by atoms with Crippen LogP contribution < -0.4 is 10.1 Å². The maximum absolute atomic E-state index is 12.1. The molecular formula is C20H21N3O3. The molecule has 0 spiro atoms. The molecule has 0 atom stereocenters. The molecule has 0 radical (unpaired) electrons. The maximum Gasteiger partial charge on any atom is 0.262 e. The Morgan fingerprint density at radius 1 is 1.19 bits per heavy atom. The summed E-state index contributed by atoms with van der Waals surface area (Å²) in [5.41, 5.74) is 2.53. The Labute approximate surface area is 152 Å². The number of rotatable bonds is 6. The van der Waals surface area contributed by atoms with Gasteiger partial charge < -0.3 is 14.6 Å². The summed E-state index contributed by atoms with van der Waals surface area (Å²) in [7, 11) is 0. The average Bonchev–Trinajstić information content (AvgIpc) is 3.13. The molecule has 0 aliphatic rings. The van der Waals surface area contributed by atoms with Gasteiger partial charge in [0.15, 0.2) is 12.4 Å². The van der Waals surface area contributed by atoms with Crippen molar-refractivity contribution in [2.45, 2.75) is 26.7 Å². The molecule has 1 N–H and O–H groups in total. The second-order valence-corrected chi connectivity index (χ2v) is 6.29. The van der Waals surface area contributed by atoms with Crippen molar-refractivity contribution in [3.63, 3.8) is 0 Å². The summed E-state index contributed by atoms with van der Waals surface area (Å²) in [5.74, 6) is 1.63. The number of hydrogen-bond acceptors (Lipinski definition) is 5. The number of carbonyl (C=O) groups is 1. The minimum Gasteiger partial charge on any atom is -0.484 e. The number of carbonyl (C=O) groups excluding carboxylic acids is 1. The van der Waals surface area contributed by atoms with E-state index in [1.54, 1.807) is 12.1 Å². The van der Waals surface area contributed by atoms with Crippen molar-refractivity contribution in [2.24, 2.45) is 0 Å². The van der Waals surface area contributed by atoms with Gasteiger partial charge in [-0.1, -0.05) is 43.3 Å². The number of hydrogen-bond donors (Lipinski definition) is 1. The van der Waals surface area contributed by atoms with Gasteiger partial charge in [0.25, 0.3) is 11.8 Å². The van der Waals surface area contributed by atoms with Crippen molar-refractivity contribution in [3.05, 3.63) is 59.9 Å². The van der Waals surface area contributed by atoms with Crippen molar-refractivity contribution in [1.29, 1.82) is 0 Å². The summed E-state index contributed by atoms with van der Waals surface area (Å²) in [5, 5.41) is 6.80. The Kier molecular flexibility index (Phi) is 5.31. The van der Waals surface area contributed by atoms with E-state index < -0.39 is 0 Å². The van der Waals surface area contributed by atoms with Gasteiger partial charge in [-0.3, -0.25) is 4.79 Å². The first-order valence-electron chi connectivity index (χ1n) is 8.45. The van der Waals surface area contributed by atoms with Crippen LogP contribution in [-0.2, 0) is 4.79 Å². The summed E-state index contributed by atoms with van der Waals surface area (Å²) in [6, 6.07) is 14.8. The fraction of sp³-hybridized carbons (Fsp3) is 0.250. The third kappa shape index (κ3) is 4.27. The number of ether oxygens (including phenoxy) is 1. The van der Waals surface area contributed by atoms with Gasteiger partial charge in [0.05, 0.1) is 0 Å². The zero-order chi connectivity index (χ0) is 18.5. The van der Waals surface area contributed by atoms with Crippen molar-refractivity contribution >= 4 is 11.6 Å². The number of amides is 1. The van der Waals surface area contributed by atoms with E-state index in [4.69, 9.17) is 9.26 Å². The highest BCUT2D eigenvalue weighted by molar-refractivity contribution is 5.92. The van der Waals surface area contributed by atoms with Gasteiger partial charge in [-0.25, -0.2) is 0 Å². The number of nitrogens with one attached hydrogen (secondary N) is 1. The molecule has 0 unspecified atom stereocenters. The lowest BCUT2D eigenvalue weighted by atomic mass is 10.2. The Balaban J connectivity index is 1.63. The third-order valence-electron chi connectivity index (χ3n) is 3.83. The molecule has 0 fully saturated rings. The average molecular weight is 351 g/mol. The fourth-order valence-electron chi connectivity index (χ4n) is 2.35. The molecule has 0 saturated heterocycles. The van der Waals surface area contributed by atoms with Crippen molar-refractivity contribution in [1.82, 2.24) is 10.1 Å². The molecule has 1 aromatic heterocycles. The molecule has 0 bridgehead atoms. The topological polar surface area (TPSA) is 77.2 Å². The quantitative estimate of drug-likeness (QED) is 0.721. The predicted octanol–water partition coefficient (Wildman–Crippen LogP) is 4.19. The highest BCUT2D eigenvalue weighted by Crippen LogP contribution is 2.24. The Bertz CT molecular complexity index is 903. The lowest BCUT2D eigenvalue weighted by Gasteiger charge is -2.09. The van der Waals surface area contributed by atoms with Crippen molar-refractivity contribution in [2.75, 3.05) is 11.9 Å². The first-order valence-corrected chi connectivity index (χ1v) is 8.45. The van der Waals surface area contributed by atoms with Crippen LogP contribution in [0.3, 0.4) is 0 Å². The van der Waals surface area contributed by atoms with Crippen LogP contribution in [-0.4, -0.2) is 22.7 Å². The number of aromatic nitrogens is 2. The van der Waals surface area contributed by atoms with Crippen molar-refractivity contribution < 1.29 is 14.1 Å². The normalized spacial score (nSPS) is 10.8. The van der Waals surface area contributed by atoms with Crippen LogP contribution in [0.15, 0.2) is 53.1 Å². The van der Waals surface area contributed by atoms with E-state index in [2.05, 4.69) is 15.5 Å². The zero-order valence-corrected chi connectivity index (χ0v) is 15.0. The monoisotopic (exact) mass is 351 g/mol. The largest absolute Gasteiger partial charge is 0.484 e. The molecule has 134 valence electrons. The molecule has 6 heteroatoms. The van der Waals surface area contributed by atoms with Gasteiger partial charge in [-0.05, 0) is 36.8 Å². The number of para-hydroxylation sites is 1. The molecule has 0 aliphatic heterocycles. The van der Waals surface area contributed by atoms with E-state index in [-0.39, 0.29) is 18.4 Å². The van der Waals surface area contributed by atoms with E-state index in [0.29, 0.717) is 17.5 Å². The van der Waals surface area contributed by atoms with Crippen LogP contribution in [0.4, 0.5) is 5.69 Å². The van der Waals surface area contributed by atoms with Gasteiger partial charge in [-0.2, -0.15) is 4.98 Å². The second-order valence-electron chi connectivity index (χ2n) is 6.29. The van der Waals surface area contributed by atoms with E-state index in [1.807, 2.05) is 57.2 Å². The molecule has 6 nitrogen and oxygen atoms in total. The number of aryl methyl sites for hydroxylation is 1. The lowest BCUT2D eigenvalue weighted by molar-refractivity contribution is -0.118. The second kappa shape index (κ2) is 7.82. The summed E-state index contributed by atoms with van der Waals surface area (Å²) in [6.45, 7) is 5.86. The summed E-state index contributed by atoms with van der Waals surface area (Å²) < 4.78 is 10.9. The highest BCUT2D eigenvalue weighted by Gasteiger charge is 2.12. The predicted molar refractivity (Wildman–Crippen MR) is 99.1 cm³/mol. The van der Waals surface area contributed by atoms with Crippen LogP contribution >= 0.6 is 0 Å². The molecule has 0 saturated carbocycles. The van der Waals surface area contributed by atoms with Crippen LogP contribution in [0.25, 0.3) is 11.5 Å². The van der Waals surface area contributed by atoms with Gasteiger partial charge in [-0.15, -0.1) is 0 Å². The molecule has 26 heavy (non-hydrogen) atoms. The minimum atomic E-state index is -0.218. The van der Waals surface area contributed by atoms with Gasteiger partial charge in [0.2, 0.25) is 0 Å². The fourth-order valence-corrected chi connectivity index (χ4v) is 2.35. The standard InChI is InChI=1S/C20H21N3O3/c1-13(2)19-22-20(26-23-19)15-8-6-9-16(11-15)25-12-18(24)21-17-10-5-4-7-14(17)3/h4-11,13H,12H2,1-3H3,(H,21,24). The molecule has 1 heterocycles. The Morgan fingerprint density at radius 2 is 2.00 bits per heavy atom. The molecule has 0 aliphatic carbocycles. The molecule has 1 amide bonds. The Morgan fingerprint density at radius 3 is 2.73 bits per heavy atom. The van der Waals surface area contributed by atoms with Crippen LogP contribution in [0.2, 0.25) is 0 Å². The van der Waals surface area contributed by atoms with Crippen LogP contribution in [0.1, 0.15) is 31.2 Å². The number of benzene rings is 2. The highest BCUT2D eigenvalue weighted by atomic mass is 16.5. The first kappa shape index (κ1) is 17.7. The van der Waals surface area contributed by atoms with E-state index in [0.717, 1.165) is 16.8 Å². The number of anilines is 1. The van der Waals surface area contributed by atoms with E-state index >= 15 is 0 Å². The molecule has 3 rings (SSSR count). The first-order chi connectivity index (χ1) is 12.5. The zero-order valence-electron chi connectivity index (χ0n) is 15.0. The summed E-state index contributed by atoms with van der Waals surface area (Å²) in [4.78, 5) is 16.5. The van der Waals surface area contributed by atoms with Crippen LogP contribution in [0.5, 0.6) is 5.75 Å². The molecule has 3 aromatic rings. The van der Waals surface area contributed by atoms with Gasteiger partial charge in [0.1, 0.15) is 5.75 Å². The number of nitrogens with zero attached hydrogens (tertiary/aromatic N) is 2.